The molecule has 0 saturated carbocycles. The fourth-order valence-corrected chi connectivity index (χ4v) is 4.65. The van der Waals surface area contributed by atoms with Crippen LogP contribution in [0.2, 0.25) is 0 Å². The van der Waals surface area contributed by atoms with Gasteiger partial charge in [-0.15, -0.1) is 0 Å². The van der Waals surface area contributed by atoms with Crippen LogP contribution in [-0.2, 0) is 38.3 Å². The fourth-order valence-electron chi connectivity index (χ4n) is 4.65. The zero-order valence-electron chi connectivity index (χ0n) is 20.4. The first-order chi connectivity index (χ1) is 16.4. The Morgan fingerprint density at radius 3 is 2.31 bits per heavy atom. The molecule has 2 aromatic rings. The summed E-state index contributed by atoms with van der Waals surface area (Å²) in [5, 5.41) is 3.28. The number of halogens is 2. The molecule has 1 saturated heterocycles. The predicted octanol–water partition coefficient (Wildman–Crippen LogP) is 4.85. The fraction of sp³-hybridized carbons (Fsp3) is 0.481. The highest BCUT2D eigenvalue weighted by Gasteiger charge is 2.42. The Morgan fingerprint density at radius 2 is 1.66 bits per heavy atom. The van der Waals surface area contributed by atoms with Gasteiger partial charge in [0.1, 0.15) is 5.60 Å². The third kappa shape index (κ3) is 6.36. The Balaban J connectivity index is 1.43. The molecule has 1 heterocycles. The van der Waals surface area contributed by atoms with Crippen molar-refractivity contribution in [3.8, 4) is 11.1 Å². The van der Waals surface area contributed by atoms with Crippen LogP contribution < -0.4 is 5.32 Å². The molecule has 1 aliphatic carbocycles. The average molecular weight is 488 g/mol. The van der Waals surface area contributed by atoms with Gasteiger partial charge < -0.3 is 19.5 Å². The Hall–Kier alpha value is -3.00. The molecule has 0 unspecified atom stereocenters. The van der Waals surface area contributed by atoms with E-state index in [1.165, 1.54) is 6.92 Å². The van der Waals surface area contributed by atoms with Crippen molar-refractivity contribution in [2.24, 2.45) is 0 Å². The second-order valence-corrected chi connectivity index (χ2v) is 10.3. The number of fused-ring (bicyclic) bond motifs is 1. The van der Waals surface area contributed by atoms with E-state index in [-0.39, 0.29) is 18.9 Å². The normalized spacial score (nSPS) is 23.0. The van der Waals surface area contributed by atoms with Gasteiger partial charge in [-0.25, -0.2) is 13.6 Å². The molecule has 0 radical (unpaired) electrons. The van der Waals surface area contributed by atoms with E-state index in [1.807, 2.05) is 36.4 Å². The van der Waals surface area contributed by atoms with Gasteiger partial charge in [0.05, 0.1) is 6.04 Å². The second-order valence-electron chi connectivity index (χ2n) is 10.3. The SMILES string of the molecule is CC(=O)O[C@@H]1[C@@H](OC(=O)OC(C)(C)C)CN[C@@H]1Cc1ccc(-c2ccc3c(c2)CC(F)(F)C3)cc1. The Labute approximate surface area is 203 Å². The molecule has 2 aliphatic rings. The van der Waals surface area contributed by atoms with E-state index in [0.717, 1.165) is 16.7 Å². The summed E-state index contributed by atoms with van der Waals surface area (Å²) >= 11 is 0. The Bertz CT molecular complexity index is 1090. The molecular weight excluding hydrogens is 456 g/mol. The number of hydrogen-bond donors (Lipinski definition) is 1. The van der Waals surface area contributed by atoms with Gasteiger partial charge >= 0.3 is 12.1 Å². The summed E-state index contributed by atoms with van der Waals surface area (Å²) in [5.41, 5.74) is 3.55. The first kappa shape index (κ1) is 25.1. The molecule has 8 heteroatoms. The topological polar surface area (TPSA) is 73.9 Å². The zero-order chi connectivity index (χ0) is 25.4. The molecule has 1 fully saturated rings. The van der Waals surface area contributed by atoms with Gasteiger partial charge in [0.25, 0.3) is 5.92 Å². The predicted molar refractivity (Wildman–Crippen MR) is 126 cm³/mol. The minimum absolute atomic E-state index is 0.196. The number of nitrogens with one attached hydrogen (secondary N) is 1. The van der Waals surface area contributed by atoms with Crippen molar-refractivity contribution in [1.82, 2.24) is 5.32 Å². The van der Waals surface area contributed by atoms with Crippen LogP contribution in [0.4, 0.5) is 13.6 Å². The highest BCUT2D eigenvalue weighted by Crippen LogP contribution is 2.36. The molecule has 1 N–H and O–H groups in total. The van der Waals surface area contributed by atoms with Crippen LogP contribution in [0.3, 0.4) is 0 Å². The molecule has 35 heavy (non-hydrogen) atoms. The van der Waals surface area contributed by atoms with Gasteiger partial charge in [-0.05, 0) is 55.0 Å². The van der Waals surface area contributed by atoms with E-state index in [9.17, 15) is 18.4 Å². The van der Waals surface area contributed by atoms with Crippen LogP contribution in [0.25, 0.3) is 11.1 Å². The molecule has 6 nitrogen and oxygen atoms in total. The quantitative estimate of drug-likeness (QED) is 0.608. The van der Waals surface area contributed by atoms with Crippen LogP contribution in [-0.4, -0.2) is 48.4 Å². The summed E-state index contributed by atoms with van der Waals surface area (Å²) in [6, 6.07) is 13.1. The number of benzene rings is 2. The summed E-state index contributed by atoms with van der Waals surface area (Å²) in [6.07, 6.45) is -1.99. The van der Waals surface area contributed by atoms with E-state index >= 15 is 0 Å². The van der Waals surface area contributed by atoms with Gasteiger partial charge in [0.2, 0.25) is 0 Å². The van der Waals surface area contributed by atoms with Gasteiger partial charge in [0, 0.05) is 26.3 Å². The second kappa shape index (κ2) is 9.57. The summed E-state index contributed by atoms with van der Waals surface area (Å²) in [4.78, 5) is 23.8. The number of ether oxygens (including phenoxy) is 3. The Kier molecular flexibility index (Phi) is 6.86. The third-order valence-electron chi connectivity index (χ3n) is 6.13. The van der Waals surface area contributed by atoms with Crippen LogP contribution in [0.1, 0.15) is 44.4 Å². The summed E-state index contributed by atoms with van der Waals surface area (Å²) in [5.74, 6) is -3.12. The highest BCUT2D eigenvalue weighted by atomic mass is 19.3. The molecule has 0 spiro atoms. The summed E-state index contributed by atoms with van der Waals surface area (Å²) in [6.45, 7) is 6.89. The lowest BCUT2D eigenvalue weighted by molar-refractivity contribution is -0.152. The maximum absolute atomic E-state index is 13.7. The lowest BCUT2D eigenvalue weighted by Crippen LogP contribution is -2.40. The number of alkyl halides is 2. The number of esters is 1. The molecular formula is C27H31F2NO5. The van der Waals surface area contributed by atoms with Gasteiger partial charge in [-0.1, -0.05) is 42.5 Å². The van der Waals surface area contributed by atoms with E-state index in [4.69, 9.17) is 14.2 Å². The van der Waals surface area contributed by atoms with Crippen molar-refractivity contribution >= 4 is 12.1 Å². The molecule has 1 aliphatic heterocycles. The van der Waals surface area contributed by atoms with Gasteiger partial charge in [0.15, 0.2) is 12.2 Å². The summed E-state index contributed by atoms with van der Waals surface area (Å²) in [7, 11) is 0. The number of rotatable bonds is 5. The largest absolute Gasteiger partial charge is 0.509 e. The molecule has 0 aromatic heterocycles. The van der Waals surface area contributed by atoms with Gasteiger partial charge in [-0.2, -0.15) is 0 Å². The van der Waals surface area contributed by atoms with Crippen LogP contribution in [0.15, 0.2) is 42.5 Å². The lowest BCUT2D eigenvalue weighted by atomic mass is 9.97. The van der Waals surface area contributed by atoms with Crippen molar-refractivity contribution < 1.29 is 32.6 Å². The third-order valence-corrected chi connectivity index (χ3v) is 6.13. The van der Waals surface area contributed by atoms with E-state index in [1.54, 1.807) is 26.8 Å². The van der Waals surface area contributed by atoms with E-state index in [2.05, 4.69) is 5.32 Å². The molecule has 3 atom stereocenters. The molecule has 188 valence electrons. The maximum atomic E-state index is 13.7. The summed E-state index contributed by atoms with van der Waals surface area (Å²) < 4.78 is 43.6. The molecule has 2 aromatic carbocycles. The molecule has 0 bridgehead atoms. The Morgan fingerprint density at radius 1 is 1.00 bits per heavy atom. The zero-order valence-corrected chi connectivity index (χ0v) is 20.4. The number of carbonyl (C=O) groups is 2. The van der Waals surface area contributed by atoms with Crippen molar-refractivity contribution in [3.05, 3.63) is 59.2 Å². The smallest absolute Gasteiger partial charge is 0.457 e. The minimum Gasteiger partial charge on any atom is -0.457 e. The van der Waals surface area contributed by atoms with Crippen molar-refractivity contribution in [3.63, 3.8) is 0 Å². The van der Waals surface area contributed by atoms with Gasteiger partial charge in [-0.3, -0.25) is 4.79 Å². The first-order valence-corrected chi connectivity index (χ1v) is 11.8. The van der Waals surface area contributed by atoms with Crippen molar-refractivity contribution in [2.75, 3.05) is 6.54 Å². The highest BCUT2D eigenvalue weighted by molar-refractivity contribution is 5.67. The van der Waals surface area contributed by atoms with Crippen LogP contribution in [0, 0.1) is 0 Å². The van der Waals surface area contributed by atoms with Crippen LogP contribution >= 0.6 is 0 Å². The van der Waals surface area contributed by atoms with E-state index in [0.29, 0.717) is 24.1 Å². The number of hydrogen-bond acceptors (Lipinski definition) is 6. The lowest BCUT2D eigenvalue weighted by Gasteiger charge is -2.25. The van der Waals surface area contributed by atoms with Crippen molar-refractivity contribution in [2.45, 2.75) is 76.7 Å². The van der Waals surface area contributed by atoms with Crippen molar-refractivity contribution in [1.29, 1.82) is 0 Å². The molecule has 0 amide bonds. The monoisotopic (exact) mass is 487 g/mol. The standard InChI is InChI=1S/C27H31F2NO5/c1-16(31)33-24-22(30-15-23(24)34-25(32)35-26(2,3)4)11-17-5-7-18(8-6-17)19-9-10-20-13-27(28,29)14-21(20)12-19/h5-10,12,22-24,30H,11,13-15H2,1-4H3/t22-,23+,24+/m1/s1. The maximum Gasteiger partial charge on any atom is 0.509 e. The number of carbonyl (C=O) groups excluding carboxylic acids is 2. The van der Waals surface area contributed by atoms with Crippen LogP contribution in [0.5, 0.6) is 0 Å². The average Bonchev–Trinajstić information content (AvgIpc) is 3.24. The first-order valence-electron chi connectivity index (χ1n) is 11.8. The minimum atomic E-state index is -2.66. The van der Waals surface area contributed by atoms with E-state index < -0.39 is 35.9 Å². The molecule has 4 rings (SSSR count).